The number of nitrogens with zero attached hydrogens (tertiary/aromatic N) is 3. The van der Waals surface area contributed by atoms with Crippen molar-refractivity contribution in [2.45, 2.75) is 23.8 Å². The van der Waals surface area contributed by atoms with Crippen LogP contribution in [0.15, 0.2) is 53.0 Å². The number of benzene rings is 1. The lowest BCUT2D eigenvalue weighted by Gasteiger charge is -2.22. The number of nitrogens with one attached hydrogen (secondary N) is 1. The van der Waals surface area contributed by atoms with Gasteiger partial charge in [-0.3, -0.25) is 4.79 Å². The number of hydrogen-bond donors (Lipinski definition) is 1. The van der Waals surface area contributed by atoms with Crippen molar-refractivity contribution in [3.8, 4) is 10.7 Å². The summed E-state index contributed by atoms with van der Waals surface area (Å²) in [7, 11) is -3.66. The van der Waals surface area contributed by atoms with E-state index in [1.807, 2.05) is 29.6 Å². The molecule has 0 spiro atoms. The Labute approximate surface area is 165 Å². The normalized spacial score (nSPS) is 12.1. The molecule has 142 valence electrons. The van der Waals surface area contributed by atoms with Gasteiger partial charge in [0.1, 0.15) is 0 Å². The maximum Gasteiger partial charge on any atom is 0.240 e. The molecule has 0 aliphatic rings. The van der Waals surface area contributed by atoms with Crippen molar-refractivity contribution in [1.82, 2.24) is 14.2 Å². The number of thioether (sulfide) groups is 1. The molecule has 0 fully saturated rings. The van der Waals surface area contributed by atoms with E-state index in [0.717, 1.165) is 22.0 Å². The Kier molecular flexibility index (Phi) is 5.41. The highest BCUT2D eigenvalue weighted by molar-refractivity contribution is 8.01. The van der Waals surface area contributed by atoms with Gasteiger partial charge in [0.2, 0.25) is 21.1 Å². The molecule has 1 aromatic carbocycles. The lowest BCUT2D eigenvalue weighted by atomic mass is 10.2. The summed E-state index contributed by atoms with van der Waals surface area (Å²) in [6.45, 7) is 3.42. The Hall–Kier alpha value is -2.17. The fourth-order valence-electron chi connectivity index (χ4n) is 2.26. The van der Waals surface area contributed by atoms with Crippen LogP contribution in [-0.4, -0.2) is 39.5 Å². The van der Waals surface area contributed by atoms with Gasteiger partial charge in [-0.05, 0) is 37.4 Å². The van der Waals surface area contributed by atoms with E-state index in [4.69, 9.17) is 0 Å². The van der Waals surface area contributed by atoms with Crippen molar-refractivity contribution in [3.05, 3.63) is 47.8 Å². The maximum absolute atomic E-state index is 12.7. The van der Waals surface area contributed by atoms with E-state index >= 15 is 0 Å². The van der Waals surface area contributed by atoms with Crippen LogP contribution < -0.4 is 5.32 Å². The average molecular weight is 423 g/mol. The summed E-state index contributed by atoms with van der Waals surface area (Å²) in [5.41, 5.74) is 0.667. The first-order valence-electron chi connectivity index (χ1n) is 7.94. The van der Waals surface area contributed by atoms with Gasteiger partial charge in [0.15, 0.2) is 5.82 Å². The molecule has 0 aliphatic carbocycles. The molecule has 2 aromatic heterocycles. The molecular formula is C17H18N4O3S3. The molecule has 0 atom stereocenters. The van der Waals surface area contributed by atoms with E-state index in [-0.39, 0.29) is 16.9 Å². The summed E-state index contributed by atoms with van der Waals surface area (Å²) < 4.78 is 24.8. The minimum Gasteiger partial charge on any atom is -0.325 e. The van der Waals surface area contributed by atoms with Gasteiger partial charge in [-0.15, -0.1) is 21.5 Å². The topological polar surface area (TPSA) is 93.9 Å². The molecule has 1 N–H and O–H groups in total. The number of carbonyl (C=O) groups excluding carboxylic acids is 1. The third-order valence-corrected chi connectivity index (χ3v) is 6.73. The van der Waals surface area contributed by atoms with Crippen LogP contribution in [0.25, 0.3) is 10.7 Å². The monoisotopic (exact) mass is 422 g/mol. The van der Waals surface area contributed by atoms with Gasteiger partial charge >= 0.3 is 0 Å². The number of rotatable bonds is 6. The van der Waals surface area contributed by atoms with Crippen LogP contribution in [0.3, 0.4) is 0 Å². The Morgan fingerprint density at radius 1 is 1.15 bits per heavy atom. The summed E-state index contributed by atoms with van der Waals surface area (Å²) in [5, 5.41) is 12.9. The number of aromatic nitrogens is 3. The number of para-hydroxylation sites is 1. The first-order chi connectivity index (χ1) is 12.7. The molecule has 0 saturated heterocycles. The zero-order valence-corrected chi connectivity index (χ0v) is 17.4. The molecule has 0 unspecified atom stereocenters. The predicted molar refractivity (Wildman–Crippen MR) is 109 cm³/mol. The van der Waals surface area contributed by atoms with E-state index < -0.39 is 14.8 Å². The van der Waals surface area contributed by atoms with Crippen LogP contribution in [0, 0.1) is 0 Å². The highest BCUT2D eigenvalue weighted by Crippen LogP contribution is 2.35. The number of amides is 1. The first-order valence-corrected chi connectivity index (χ1v) is 11.5. The van der Waals surface area contributed by atoms with Crippen molar-refractivity contribution in [3.63, 3.8) is 0 Å². The minimum absolute atomic E-state index is 0.147. The van der Waals surface area contributed by atoms with Crippen LogP contribution >= 0.6 is 23.1 Å². The van der Waals surface area contributed by atoms with Crippen LogP contribution in [-0.2, 0) is 14.8 Å². The Morgan fingerprint density at radius 2 is 1.85 bits per heavy atom. The zero-order valence-electron chi connectivity index (χ0n) is 14.9. The second kappa shape index (κ2) is 7.45. The third-order valence-electron chi connectivity index (χ3n) is 3.59. The molecule has 7 nitrogen and oxygen atoms in total. The summed E-state index contributed by atoms with van der Waals surface area (Å²) in [6, 6.07) is 12.7. The average Bonchev–Trinajstić information content (AvgIpc) is 3.24. The quantitative estimate of drug-likeness (QED) is 0.613. The number of carbonyl (C=O) groups is 1. The zero-order chi connectivity index (χ0) is 19.7. The van der Waals surface area contributed by atoms with Crippen molar-refractivity contribution < 1.29 is 13.2 Å². The van der Waals surface area contributed by atoms with Gasteiger partial charge in [-0.2, -0.15) is 3.97 Å². The van der Waals surface area contributed by atoms with Crippen molar-refractivity contribution in [2.24, 2.45) is 0 Å². The lowest BCUT2D eigenvalue weighted by Crippen LogP contribution is -2.34. The lowest BCUT2D eigenvalue weighted by molar-refractivity contribution is -0.117. The Morgan fingerprint density at radius 3 is 2.44 bits per heavy atom. The van der Waals surface area contributed by atoms with E-state index in [2.05, 4.69) is 15.5 Å². The van der Waals surface area contributed by atoms with Crippen LogP contribution in [0.1, 0.15) is 13.8 Å². The van der Waals surface area contributed by atoms with Crippen molar-refractivity contribution >= 4 is 44.7 Å². The summed E-state index contributed by atoms with van der Waals surface area (Å²) in [5.74, 6) is -0.0197. The van der Waals surface area contributed by atoms with E-state index in [1.54, 1.807) is 32.0 Å². The van der Waals surface area contributed by atoms with Crippen LogP contribution in [0.2, 0.25) is 0 Å². The summed E-state index contributed by atoms with van der Waals surface area (Å²) >= 11 is 2.42. The number of anilines is 1. The summed E-state index contributed by atoms with van der Waals surface area (Å²) in [4.78, 5) is 13.4. The molecule has 0 bridgehead atoms. The number of thiophene rings is 1. The molecule has 27 heavy (non-hydrogen) atoms. The van der Waals surface area contributed by atoms with Gasteiger partial charge in [-0.1, -0.05) is 36.0 Å². The Balaban J connectivity index is 1.91. The van der Waals surface area contributed by atoms with E-state index in [1.165, 1.54) is 11.3 Å². The molecule has 0 saturated carbocycles. The van der Waals surface area contributed by atoms with Gasteiger partial charge in [0.05, 0.1) is 15.9 Å². The second-order valence-electron chi connectivity index (χ2n) is 6.24. The van der Waals surface area contributed by atoms with Gasteiger partial charge in [-0.25, -0.2) is 8.42 Å². The molecule has 2 heterocycles. The van der Waals surface area contributed by atoms with E-state index in [9.17, 15) is 13.2 Å². The van der Waals surface area contributed by atoms with Gasteiger partial charge in [0.25, 0.3) is 0 Å². The SMILES string of the molecule is CC(C)(Sc1nnc(-c2cccs2)n1S(C)(=O)=O)C(=O)Nc1ccccc1. The van der Waals surface area contributed by atoms with Crippen LogP contribution in [0.5, 0.6) is 0 Å². The molecule has 1 amide bonds. The van der Waals surface area contributed by atoms with E-state index in [0.29, 0.717) is 10.6 Å². The van der Waals surface area contributed by atoms with Crippen LogP contribution in [0.4, 0.5) is 5.69 Å². The molecule has 10 heteroatoms. The highest BCUT2D eigenvalue weighted by Gasteiger charge is 2.34. The second-order valence-corrected chi connectivity index (χ2v) is 10.6. The first kappa shape index (κ1) is 19.6. The van der Waals surface area contributed by atoms with Gasteiger partial charge < -0.3 is 5.32 Å². The highest BCUT2D eigenvalue weighted by atomic mass is 32.2. The minimum atomic E-state index is -3.66. The number of hydrogen-bond acceptors (Lipinski definition) is 7. The maximum atomic E-state index is 12.7. The molecule has 0 aliphatic heterocycles. The predicted octanol–water partition coefficient (Wildman–Crippen LogP) is 3.32. The molecule has 3 rings (SSSR count). The largest absolute Gasteiger partial charge is 0.325 e. The fourth-order valence-corrected chi connectivity index (χ4v) is 5.15. The Bertz CT molecular complexity index is 1040. The third kappa shape index (κ3) is 4.40. The molecular weight excluding hydrogens is 404 g/mol. The molecule has 3 aromatic rings. The van der Waals surface area contributed by atoms with Gasteiger partial charge in [0, 0.05) is 5.69 Å². The standard InChI is InChI=1S/C17H18N4O3S3/c1-17(2,15(22)18-12-8-5-4-6-9-12)26-16-20-19-14(13-10-7-11-25-13)21(16)27(3,23)24/h4-11H,1-3H3,(H,18,22). The van der Waals surface area contributed by atoms with Crippen molar-refractivity contribution in [2.75, 3.05) is 11.6 Å². The summed E-state index contributed by atoms with van der Waals surface area (Å²) in [6.07, 6.45) is 1.09. The molecule has 0 radical (unpaired) electrons. The van der Waals surface area contributed by atoms with Crippen molar-refractivity contribution in [1.29, 1.82) is 0 Å². The smallest absolute Gasteiger partial charge is 0.240 e. The fraction of sp³-hybridized carbons (Fsp3) is 0.235.